The maximum atomic E-state index is 13.6. The van der Waals surface area contributed by atoms with Crippen LogP contribution in [0.1, 0.15) is 18.9 Å². The Morgan fingerprint density at radius 3 is 2.94 bits per heavy atom. The lowest BCUT2D eigenvalue weighted by atomic mass is 10.2. The van der Waals surface area contributed by atoms with Crippen LogP contribution in [0.3, 0.4) is 0 Å². The molecule has 4 heteroatoms. The van der Waals surface area contributed by atoms with Crippen LogP contribution in [-0.2, 0) is 4.74 Å². The summed E-state index contributed by atoms with van der Waals surface area (Å²) < 4.78 is 19.0. The second-order valence-corrected chi connectivity index (χ2v) is 5.06. The van der Waals surface area contributed by atoms with Gasteiger partial charge in [-0.2, -0.15) is 5.26 Å². The fourth-order valence-electron chi connectivity index (χ4n) is 1.70. The molecule has 0 aliphatic carbocycles. The molecule has 1 aromatic rings. The van der Waals surface area contributed by atoms with E-state index in [-0.39, 0.29) is 11.9 Å². The number of halogens is 1. The molecule has 1 heterocycles. The largest absolute Gasteiger partial charge is 0.377 e. The molecule has 2 atom stereocenters. The van der Waals surface area contributed by atoms with Crippen molar-refractivity contribution < 1.29 is 9.13 Å². The van der Waals surface area contributed by atoms with Crippen LogP contribution in [0, 0.1) is 17.1 Å². The van der Waals surface area contributed by atoms with E-state index in [9.17, 15) is 4.39 Å². The molecule has 0 amide bonds. The summed E-state index contributed by atoms with van der Waals surface area (Å²) >= 11 is 1.50. The fourth-order valence-corrected chi connectivity index (χ4v) is 2.82. The Kier molecular flexibility index (Phi) is 3.47. The molecule has 0 spiro atoms. The van der Waals surface area contributed by atoms with Gasteiger partial charge in [0.25, 0.3) is 0 Å². The number of nitrogens with zero attached hydrogens (tertiary/aromatic N) is 1. The van der Waals surface area contributed by atoms with Crippen molar-refractivity contribution in [1.29, 1.82) is 5.26 Å². The topological polar surface area (TPSA) is 33.0 Å². The maximum absolute atomic E-state index is 13.6. The van der Waals surface area contributed by atoms with E-state index in [0.29, 0.717) is 15.7 Å². The van der Waals surface area contributed by atoms with Crippen LogP contribution < -0.4 is 0 Å². The Morgan fingerprint density at radius 1 is 1.56 bits per heavy atom. The molecule has 2 unspecified atom stereocenters. The molecule has 1 aliphatic rings. The molecule has 1 aliphatic heterocycles. The van der Waals surface area contributed by atoms with E-state index < -0.39 is 0 Å². The monoisotopic (exact) mass is 237 g/mol. The van der Waals surface area contributed by atoms with Crippen LogP contribution in [0.2, 0.25) is 0 Å². The van der Waals surface area contributed by atoms with Crippen LogP contribution in [0.5, 0.6) is 0 Å². The van der Waals surface area contributed by atoms with E-state index in [1.807, 2.05) is 13.0 Å². The number of thioether (sulfide) groups is 1. The van der Waals surface area contributed by atoms with Crippen LogP contribution in [-0.4, -0.2) is 18.0 Å². The average Bonchev–Trinajstić information content (AvgIpc) is 2.67. The zero-order valence-electron chi connectivity index (χ0n) is 8.94. The van der Waals surface area contributed by atoms with Gasteiger partial charge in [-0.3, -0.25) is 0 Å². The van der Waals surface area contributed by atoms with Gasteiger partial charge in [0, 0.05) is 16.8 Å². The van der Waals surface area contributed by atoms with E-state index in [2.05, 4.69) is 0 Å². The summed E-state index contributed by atoms with van der Waals surface area (Å²) in [6, 6.07) is 6.52. The molecule has 0 aromatic heterocycles. The Hall–Kier alpha value is -1.05. The van der Waals surface area contributed by atoms with Crippen LogP contribution in [0.4, 0.5) is 4.39 Å². The van der Waals surface area contributed by atoms with Gasteiger partial charge >= 0.3 is 0 Å². The van der Waals surface area contributed by atoms with Gasteiger partial charge in [-0.1, -0.05) is 0 Å². The molecule has 2 nitrogen and oxygen atoms in total. The molecule has 0 radical (unpaired) electrons. The van der Waals surface area contributed by atoms with Gasteiger partial charge in [0.2, 0.25) is 0 Å². The highest BCUT2D eigenvalue weighted by molar-refractivity contribution is 8.00. The van der Waals surface area contributed by atoms with Crippen molar-refractivity contribution in [2.45, 2.75) is 29.6 Å². The van der Waals surface area contributed by atoms with Crippen LogP contribution in [0.15, 0.2) is 23.1 Å². The van der Waals surface area contributed by atoms with Crippen molar-refractivity contribution in [3.05, 3.63) is 29.6 Å². The second kappa shape index (κ2) is 4.86. The van der Waals surface area contributed by atoms with Crippen LogP contribution in [0.25, 0.3) is 0 Å². The number of nitriles is 1. The van der Waals surface area contributed by atoms with Gasteiger partial charge in [-0.25, -0.2) is 4.39 Å². The number of ether oxygens (including phenoxy) is 1. The fraction of sp³-hybridized carbons (Fsp3) is 0.417. The molecule has 0 N–H and O–H groups in total. The predicted octanol–water partition coefficient (Wildman–Crippen LogP) is 2.97. The zero-order chi connectivity index (χ0) is 11.5. The van der Waals surface area contributed by atoms with E-state index in [1.54, 1.807) is 12.1 Å². The number of hydrogen-bond acceptors (Lipinski definition) is 3. The lowest BCUT2D eigenvalue weighted by Crippen LogP contribution is -2.13. The quantitative estimate of drug-likeness (QED) is 0.792. The normalized spacial score (nSPS) is 24.3. The van der Waals surface area contributed by atoms with E-state index in [1.165, 1.54) is 17.8 Å². The summed E-state index contributed by atoms with van der Waals surface area (Å²) in [6.45, 7) is 2.75. The molecule has 1 fully saturated rings. The van der Waals surface area contributed by atoms with Gasteiger partial charge in [0.05, 0.1) is 17.7 Å². The Labute approximate surface area is 98.4 Å². The predicted molar refractivity (Wildman–Crippen MR) is 60.8 cm³/mol. The molecule has 1 aromatic carbocycles. The first-order valence-corrected chi connectivity index (χ1v) is 6.06. The minimum Gasteiger partial charge on any atom is -0.377 e. The Morgan fingerprint density at radius 2 is 2.38 bits per heavy atom. The lowest BCUT2D eigenvalue weighted by Gasteiger charge is -2.13. The van der Waals surface area contributed by atoms with Crippen molar-refractivity contribution in [2.75, 3.05) is 6.61 Å². The van der Waals surface area contributed by atoms with E-state index in [0.717, 1.165) is 13.0 Å². The molecule has 1 saturated heterocycles. The highest BCUT2D eigenvalue weighted by Crippen LogP contribution is 2.34. The summed E-state index contributed by atoms with van der Waals surface area (Å²) in [5.74, 6) is -0.317. The highest BCUT2D eigenvalue weighted by atomic mass is 32.2. The van der Waals surface area contributed by atoms with E-state index in [4.69, 9.17) is 10.00 Å². The first-order chi connectivity index (χ1) is 7.70. The number of rotatable bonds is 2. The first-order valence-electron chi connectivity index (χ1n) is 5.18. The van der Waals surface area contributed by atoms with Gasteiger partial charge in [-0.15, -0.1) is 11.8 Å². The van der Waals surface area contributed by atoms with Gasteiger partial charge in [-0.05, 0) is 31.5 Å². The summed E-state index contributed by atoms with van der Waals surface area (Å²) in [6.07, 6.45) is 1.12. The van der Waals surface area contributed by atoms with Crippen molar-refractivity contribution >= 4 is 11.8 Å². The summed E-state index contributed by atoms with van der Waals surface area (Å²) in [7, 11) is 0. The second-order valence-electron chi connectivity index (χ2n) is 3.78. The lowest BCUT2D eigenvalue weighted by molar-refractivity contribution is 0.127. The van der Waals surface area contributed by atoms with Crippen molar-refractivity contribution in [3.63, 3.8) is 0 Å². The molecular weight excluding hydrogens is 225 g/mol. The smallest absolute Gasteiger partial charge is 0.138 e. The third kappa shape index (κ3) is 2.37. The molecule has 84 valence electrons. The van der Waals surface area contributed by atoms with E-state index >= 15 is 0 Å². The summed E-state index contributed by atoms with van der Waals surface area (Å²) in [5.41, 5.74) is 0.359. The van der Waals surface area contributed by atoms with Crippen molar-refractivity contribution in [1.82, 2.24) is 0 Å². The minimum absolute atomic E-state index is 0.167. The van der Waals surface area contributed by atoms with Gasteiger partial charge in [0.15, 0.2) is 0 Å². The third-order valence-electron chi connectivity index (χ3n) is 2.65. The molecule has 16 heavy (non-hydrogen) atoms. The zero-order valence-corrected chi connectivity index (χ0v) is 9.76. The molecule has 0 bridgehead atoms. The van der Waals surface area contributed by atoms with Crippen molar-refractivity contribution in [2.24, 2.45) is 0 Å². The maximum Gasteiger partial charge on any atom is 0.138 e. The standard InChI is InChI=1S/C12H12FNOS/c1-8-11(4-5-15-8)16-12-3-2-9(7-14)6-10(12)13/h2-3,6,8,11H,4-5H2,1H3. The minimum atomic E-state index is -0.317. The number of benzene rings is 1. The molecular formula is C12H12FNOS. The van der Waals surface area contributed by atoms with Crippen molar-refractivity contribution in [3.8, 4) is 6.07 Å². The highest BCUT2D eigenvalue weighted by Gasteiger charge is 2.25. The summed E-state index contributed by atoms with van der Waals surface area (Å²) in [4.78, 5) is 0.598. The third-order valence-corrected chi connectivity index (χ3v) is 4.15. The van der Waals surface area contributed by atoms with Crippen LogP contribution >= 0.6 is 11.8 Å². The SMILES string of the molecule is CC1OCCC1Sc1ccc(C#N)cc1F. The van der Waals surface area contributed by atoms with Gasteiger partial charge < -0.3 is 4.74 Å². The number of hydrogen-bond donors (Lipinski definition) is 0. The Balaban J connectivity index is 2.13. The average molecular weight is 237 g/mol. The Bertz CT molecular complexity index is 430. The molecule has 0 saturated carbocycles. The summed E-state index contributed by atoms with van der Waals surface area (Å²) in [5, 5.41) is 8.94. The molecule has 2 rings (SSSR count). The van der Waals surface area contributed by atoms with Gasteiger partial charge in [0.1, 0.15) is 5.82 Å². The first kappa shape index (κ1) is 11.4.